The molecule has 0 saturated heterocycles. The van der Waals surface area contributed by atoms with Gasteiger partial charge in [0.25, 0.3) is 0 Å². The second-order valence-electron chi connectivity index (χ2n) is 1.77. The first-order valence-corrected chi connectivity index (χ1v) is 3.61. The van der Waals surface area contributed by atoms with Gasteiger partial charge in [-0.05, 0) is 0 Å². The van der Waals surface area contributed by atoms with Gasteiger partial charge in [0.05, 0.1) is 0 Å². The van der Waals surface area contributed by atoms with Crippen molar-refractivity contribution in [3.8, 4) is 0 Å². The Morgan fingerprint density at radius 3 is 2.11 bits per heavy atom. The van der Waals surface area contributed by atoms with Crippen LogP contribution in [0.5, 0.6) is 0 Å². The third-order valence-electron chi connectivity index (χ3n) is 1.17. The van der Waals surface area contributed by atoms with Gasteiger partial charge in [-0.3, -0.25) is 0 Å². The molecule has 0 radical (unpaired) electrons. The third kappa shape index (κ3) is 3.90. The van der Waals surface area contributed by atoms with Crippen LogP contribution in [0.25, 0.3) is 0 Å². The molecule has 0 atom stereocenters. The molecule has 0 nitrogen and oxygen atoms in total. The second-order valence-corrected chi connectivity index (χ2v) is 3.25. The van der Waals surface area contributed by atoms with E-state index in [1.165, 1.54) is 12.0 Å². The van der Waals surface area contributed by atoms with E-state index in [0.717, 1.165) is 0 Å². The molecule has 0 saturated carbocycles. The number of rotatable bonds is 0. The normalized spacial score (nSPS) is 14.7. The van der Waals surface area contributed by atoms with Crippen molar-refractivity contribution in [1.82, 2.24) is 0 Å². The molecule has 0 unspecified atom stereocenters. The second kappa shape index (κ2) is 6.06. The van der Waals surface area contributed by atoms with E-state index < -0.39 is 0 Å². The summed E-state index contributed by atoms with van der Waals surface area (Å²) in [6.45, 7) is 2.17. The Balaban J connectivity index is 0. The summed E-state index contributed by atoms with van der Waals surface area (Å²) >= 11 is 1.58. The zero-order chi connectivity index (χ0) is 5.28. The Kier molecular flexibility index (Phi) is 8.72. The summed E-state index contributed by atoms with van der Waals surface area (Å²) in [5.41, 5.74) is 1.48. The maximum atomic E-state index is 2.22. The molecule has 1 aliphatic rings. The van der Waals surface area contributed by atoms with E-state index >= 15 is 0 Å². The van der Waals surface area contributed by atoms with Gasteiger partial charge in [0, 0.05) is 0 Å². The SMILES string of the molecule is Br.Br.CC1=[C]([Zr])CC=C1. The van der Waals surface area contributed by atoms with Crippen LogP contribution in [0.3, 0.4) is 0 Å². The van der Waals surface area contributed by atoms with Crippen LogP contribution in [-0.2, 0) is 24.7 Å². The van der Waals surface area contributed by atoms with E-state index in [2.05, 4.69) is 19.1 Å². The minimum absolute atomic E-state index is 0. The Morgan fingerprint density at radius 2 is 2.00 bits per heavy atom. The first kappa shape index (κ1) is 13.0. The van der Waals surface area contributed by atoms with Gasteiger partial charge in [0.15, 0.2) is 0 Å². The van der Waals surface area contributed by atoms with Gasteiger partial charge in [-0.15, -0.1) is 34.0 Å². The van der Waals surface area contributed by atoms with E-state index in [9.17, 15) is 0 Å². The average molecular weight is 332 g/mol. The van der Waals surface area contributed by atoms with Crippen LogP contribution in [0.2, 0.25) is 0 Å². The molecule has 0 aliphatic heterocycles. The van der Waals surface area contributed by atoms with Gasteiger partial charge in [-0.25, -0.2) is 0 Å². The van der Waals surface area contributed by atoms with Gasteiger partial charge in [0.1, 0.15) is 0 Å². The van der Waals surface area contributed by atoms with E-state index in [-0.39, 0.29) is 34.0 Å². The quantitative estimate of drug-likeness (QED) is 0.640. The zero-order valence-corrected chi connectivity index (χ0v) is 11.1. The molecule has 0 N–H and O–H groups in total. The molecule has 0 aromatic heterocycles. The molecule has 1 aliphatic carbocycles. The topological polar surface area (TPSA) is 0 Å². The standard InChI is InChI=1S/C6H7.2BrH.Zr/c1-6-4-2-3-5-6;;;/h2,4H,3H2,1H3;2*1H;. The van der Waals surface area contributed by atoms with Crippen molar-refractivity contribution in [3.63, 3.8) is 0 Å². The predicted octanol–water partition coefficient (Wildman–Crippen LogP) is 2.92. The molecule has 1 rings (SSSR count). The van der Waals surface area contributed by atoms with Gasteiger partial charge in [-0.2, -0.15) is 0 Å². The average Bonchev–Trinajstić information content (AvgIpc) is 1.91. The van der Waals surface area contributed by atoms with E-state index in [1.807, 2.05) is 0 Å². The molecule has 51 valence electrons. The first-order chi connectivity index (χ1) is 3.30. The van der Waals surface area contributed by atoms with E-state index in [1.54, 1.807) is 28.0 Å². The van der Waals surface area contributed by atoms with Crippen LogP contribution in [-0.4, -0.2) is 0 Å². The van der Waals surface area contributed by atoms with Crippen LogP contribution >= 0.6 is 34.0 Å². The van der Waals surface area contributed by atoms with E-state index in [4.69, 9.17) is 0 Å². The molecule has 0 spiro atoms. The number of allylic oxidation sites excluding steroid dienone is 4. The maximum absolute atomic E-state index is 2.22. The molecule has 0 fully saturated rings. The first-order valence-electron chi connectivity index (χ1n) is 2.38. The van der Waals surface area contributed by atoms with Crippen molar-refractivity contribution in [2.75, 3.05) is 0 Å². The molecule has 9 heavy (non-hydrogen) atoms. The zero-order valence-electron chi connectivity index (χ0n) is 5.18. The van der Waals surface area contributed by atoms with Gasteiger partial charge < -0.3 is 0 Å². The summed E-state index contributed by atoms with van der Waals surface area (Å²) in [4.78, 5) is 0. The Bertz CT molecular complexity index is 138. The Labute approximate surface area is 92.2 Å². The number of hydrogen-bond acceptors (Lipinski definition) is 0. The van der Waals surface area contributed by atoms with Gasteiger partial charge in [-0.1, -0.05) is 0 Å². The summed E-state index contributed by atoms with van der Waals surface area (Å²) in [5.74, 6) is 0. The molecule has 0 aromatic rings. The molecular formula is C6H9Br2Zr. The van der Waals surface area contributed by atoms with E-state index in [0.29, 0.717) is 0 Å². The molecule has 0 bridgehead atoms. The summed E-state index contributed by atoms with van der Waals surface area (Å²) in [7, 11) is 0. The summed E-state index contributed by atoms with van der Waals surface area (Å²) in [6, 6.07) is 0. The fraction of sp³-hybridized carbons (Fsp3) is 0.333. The predicted molar refractivity (Wildman–Crippen MR) is 47.1 cm³/mol. The van der Waals surface area contributed by atoms with Crippen molar-refractivity contribution in [3.05, 3.63) is 21.0 Å². The van der Waals surface area contributed by atoms with Gasteiger partial charge >= 0.3 is 59.1 Å². The Morgan fingerprint density at radius 1 is 1.44 bits per heavy atom. The van der Waals surface area contributed by atoms with Crippen LogP contribution in [0.1, 0.15) is 13.3 Å². The molecule has 0 heterocycles. The van der Waals surface area contributed by atoms with Crippen LogP contribution in [0.15, 0.2) is 21.0 Å². The number of hydrogen-bond donors (Lipinski definition) is 0. The molecular weight excluding hydrogens is 323 g/mol. The van der Waals surface area contributed by atoms with Gasteiger partial charge in [0.2, 0.25) is 0 Å². The number of halogens is 2. The van der Waals surface area contributed by atoms with Crippen LogP contribution < -0.4 is 0 Å². The fourth-order valence-electron chi connectivity index (χ4n) is 0.615. The third-order valence-corrected chi connectivity index (χ3v) is 2.64. The van der Waals surface area contributed by atoms with Crippen molar-refractivity contribution in [1.29, 1.82) is 0 Å². The van der Waals surface area contributed by atoms with Crippen LogP contribution in [0.4, 0.5) is 0 Å². The Hall–Kier alpha value is 1.32. The van der Waals surface area contributed by atoms with Crippen LogP contribution in [0, 0.1) is 0 Å². The minimum atomic E-state index is 0. The molecule has 0 amide bonds. The summed E-state index contributed by atoms with van der Waals surface area (Å²) < 4.78 is 1.60. The molecule has 3 heteroatoms. The summed E-state index contributed by atoms with van der Waals surface area (Å²) in [6.07, 6.45) is 5.63. The van der Waals surface area contributed by atoms with Crippen molar-refractivity contribution < 1.29 is 24.7 Å². The van der Waals surface area contributed by atoms with Crippen molar-refractivity contribution in [2.45, 2.75) is 13.3 Å². The van der Waals surface area contributed by atoms with Crippen molar-refractivity contribution in [2.24, 2.45) is 0 Å². The van der Waals surface area contributed by atoms with Crippen molar-refractivity contribution >= 4 is 34.0 Å². The monoisotopic (exact) mass is 329 g/mol. The fourth-order valence-corrected chi connectivity index (χ4v) is 1.11. The molecule has 0 aromatic carbocycles. The summed E-state index contributed by atoms with van der Waals surface area (Å²) in [5, 5.41) is 0.